The summed E-state index contributed by atoms with van der Waals surface area (Å²) in [6, 6.07) is 13.8. The zero-order chi connectivity index (χ0) is 15.7. The number of para-hydroxylation sites is 1. The molecule has 1 aliphatic rings. The van der Waals surface area contributed by atoms with Crippen molar-refractivity contribution in [3.63, 3.8) is 0 Å². The predicted molar refractivity (Wildman–Crippen MR) is 83.6 cm³/mol. The summed E-state index contributed by atoms with van der Waals surface area (Å²) in [5.74, 6) is 0.282. The maximum absolute atomic E-state index is 13.3. The van der Waals surface area contributed by atoms with Gasteiger partial charge in [0.05, 0.1) is 0 Å². The summed E-state index contributed by atoms with van der Waals surface area (Å²) in [6.45, 7) is 3.70. The Balaban J connectivity index is 1.80. The number of hydrogen-bond donors (Lipinski definition) is 0. The number of hydrogen-bond acceptors (Lipinski definition) is 2. The number of carbonyl (C=O) groups is 1. The topological polar surface area (TPSA) is 29.5 Å². The van der Waals surface area contributed by atoms with Crippen molar-refractivity contribution in [2.75, 3.05) is 4.90 Å². The molecule has 2 unspecified atom stereocenters. The van der Waals surface area contributed by atoms with Gasteiger partial charge in [0.25, 0.3) is 5.91 Å². The minimum absolute atomic E-state index is 0.00567. The Bertz CT molecular complexity index is 687. The predicted octanol–water partition coefficient (Wildman–Crippen LogP) is 3.57. The Morgan fingerprint density at radius 1 is 1.27 bits per heavy atom. The second-order valence-electron chi connectivity index (χ2n) is 5.61. The molecule has 22 heavy (non-hydrogen) atoms. The molecule has 3 rings (SSSR count). The van der Waals surface area contributed by atoms with Crippen molar-refractivity contribution in [3.05, 3.63) is 59.9 Å². The number of carbonyl (C=O) groups excluding carboxylic acids is 1. The first-order valence-electron chi connectivity index (χ1n) is 7.39. The van der Waals surface area contributed by atoms with E-state index < -0.39 is 6.10 Å². The third-order valence-electron chi connectivity index (χ3n) is 3.90. The highest BCUT2D eigenvalue weighted by atomic mass is 19.1. The lowest BCUT2D eigenvalue weighted by Crippen LogP contribution is -2.43. The highest BCUT2D eigenvalue weighted by molar-refractivity contribution is 5.99. The van der Waals surface area contributed by atoms with Gasteiger partial charge in [0.2, 0.25) is 0 Å². The quantitative estimate of drug-likeness (QED) is 0.867. The highest BCUT2D eigenvalue weighted by Gasteiger charge is 2.34. The molecule has 1 aliphatic heterocycles. The lowest BCUT2D eigenvalue weighted by Gasteiger charge is -2.26. The smallest absolute Gasteiger partial charge is 0.268 e. The first-order chi connectivity index (χ1) is 10.6. The van der Waals surface area contributed by atoms with Crippen LogP contribution < -0.4 is 9.64 Å². The van der Waals surface area contributed by atoms with Crippen LogP contribution in [0.15, 0.2) is 48.5 Å². The molecule has 0 spiro atoms. The molecule has 2 atom stereocenters. The Labute approximate surface area is 129 Å². The number of ether oxygens (including phenoxy) is 1. The number of amides is 1. The highest BCUT2D eigenvalue weighted by Crippen LogP contribution is 2.33. The molecule has 1 amide bonds. The average molecular weight is 299 g/mol. The second kappa shape index (κ2) is 5.79. The third-order valence-corrected chi connectivity index (χ3v) is 3.90. The lowest BCUT2D eigenvalue weighted by molar-refractivity contribution is -0.124. The molecular formula is C18H18FNO2. The summed E-state index contributed by atoms with van der Waals surface area (Å²) >= 11 is 0. The van der Waals surface area contributed by atoms with Crippen molar-refractivity contribution in [3.8, 4) is 5.75 Å². The van der Waals surface area contributed by atoms with E-state index in [0.29, 0.717) is 12.2 Å². The van der Waals surface area contributed by atoms with Crippen LogP contribution in [0.1, 0.15) is 19.4 Å². The van der Waals surface area contributed by atoms with Gasteiger partial charge in [-0.1, -0.05) is 18.2 Å². The summed E-state index contributed by atoms with van der Waals surface area (Å²) in [4.78, 5) is 14.4. The molecular weight excluding hydrogens is 281 g/mol. The van der Waals surface area contributed by atoms with Crippen molar-refractivity contribution in [1.82, 2.24) is 0 Å². The van der Waals surface area contributed by atoms with Gasteiger partial charge in [-0.25, -0.2) is 4.39 Å². The minimum Gasteiger partial charge on any atom is -0.481 e. The van der Waals surface area contributed by atoms with Crippen LogP contribution in [0.4, 0.5) is 10.1 Å². The summed E-state index contributed by atoms with van der Waals surface area (Å²) in [5, 5.41) is 0. The van der Waals surface area contributed by atoms with Crippen LogP contribution in [0.2, 0.25) is 0 Å². The second-order valence-corrected chi connectivity index (χ2v) is 5.61. The van der Waals surface area contributed by atoms with Crippen molar-refractivity contribution < 1.29 is 13.9 Å². The van der Waals surface area contributed by atoms with Crippen LogP contribution in [0.3, 0.4) is 0 Å². The number of rotatable bonds is 3. The molecule has 0 radical (unpaired) electrons. The molecule has 114 valence electrons. The molecule has 2 aromatic rings. The SMILES string of the molecule is CC(Oc1ccccc1)C(=O)N1c2ccc(F)cc2CC1C. The summed E-state index contributed by atoms with van der Waals surface area (Å²) in [6.07, 6.45) is 0.0671. The summed E-state index contributed by atoms with van der Waals surface area (Å²) in [5.41, 5.74) is 1.65. The van der Waals surface area contributed by atoms with Crippen molar-refractivity contribution in [2.24, 2.45) is 0 Å². The molecule has 3 nitrogen and oxygen atoms in total. The van der Waals surface area contributed by atoms with E-state index in [1.165, 1.54) is 12.1 Å². The Hall–Kier alpha value is -2.36. The van der Waals surface area contributed by atoms with E-state index in [1.54, 1.807) is 17.9 Å². The fraction of sp³-hybridized carbons (Fsp3) is 0.278. The molecule has 2 aromatic carbocycles. The molecule has 0 saturated heterocycles. The van der Waals surface area contributed by atoms with Crippen LogP contribution in [-0.4, -0.2) is 18.1 Å². The van der Waals surface area contributed by atoms with Crippen LogP contribution in [0.25, 0.3) is 0 Å². The van der Waals surface area contributed by atoms with Crippen LogP contribution >= 0.6 is 0 Å². The van der Waals surface area contributed by atoms with Gasteiger partial charge in [-0.2, -0.15) is 0 Å². The molecule has 0 N–H and O–H groups in total. The van der Waals surface area contributed by atoms with Gasteiger partial charge < -0.3 is 9.64 Å². The number of fused-ring (bicyclic) bond motifs is 1. The van der Waals surface area contributed by atoms with Gasteiger partial charge >= 0.3 is 0 Å². The molecule has 4 heteroatoms. The van der Waals surface area contributed by atoms with Gasteiger partial charge in [-0.3, -0.25) is 4.79 Å². The summed E-state index contributed by atoms with van der Waals surface area (Å²) < 4.78 is 19.0. The summed E-state index contributed by atoms with van der Waals surface area (Å²) in [7, 11) is 0. The Kier molecular flexibility index (Phi) is 3.84. The van der Waals surface area contributed by atoms with Crippen LogP contribution in [0.5, 0.6) is 5.75 Å². The maximum atomic E-state index is 13.3. The van der Waals surface area contributed by atoms with Crippen LogP contribution in [-0.2, 0) is 11.2 Å². The van der Waals surface area contributed by atoms with E-state index >= 15 is 0 Å². The minimum atomic E-state index is -0.596. The fourth-order valence-corrected chi connectivity index (χ4v) is 2.88. The van der Waals surface area contributed by atoms with Gasteiger partial charge in [0.15, 0.2) is 6.10 Å². The van der Waals surface area contributed by atoms with Gasteiger partial charge in [-0.15, -0.1) is 0 Å². The zero-order valence-electron chi connectivity index (χ0n) is 12.6. The molecule has 0 aliphatic carbocycles. The van der Waals surface area contributed by atoms with E-state index in [4.69, 9.17) is 4.74 Å². The van der Waals surface area contributed by atoms with Crippen molar-refractivity contribution >= 4 is 11.6 Å². The van der Waals surface area contributed by atoms with E-state index in [-0.39, 0.29) is 17.8 Å². The van der Waals surface area contributed by atoms with E-state index in [0.717, 1.165) is 11.3 Å². The van der Waals surface area contributed by atoms with Gasteiger partial charge in [-0.05, 0) is 56.2 Å². The number of nitrogens with zero attached hydrogens (tertiary/aromatic N) is 1. The molecule has 1 heterocycles. The maximum Gasteiger partial charge on any atom is 0.268 e. The average Bonchev–Trinajstić information content (AvgIpc) is 2.82. The molecule has 0 fully saturated rings. The largest absolute Gasteiger partial charge is 0.481 e. The van der Waals surface area contributed by atoms with Crippen molar-refractivity contribution in [1.29, 1.82) is 0 Å². The van der Waals surface area contributed by atoms with E-state index in [1.807, 2.05) is 37.3 Å². The van der Waals surface area contributed by atoms with Crippen LogP contribution in [0, 0.1) is 5.82 Å². The molecule has 0 bridgehead atoms. The molecule has 0 saturated carbocycles. The zero-order valence-corrected chi connectivity index (χ0v) is 12.6. The van der Waals surface area contributed by atoms with E-state index in [2.05, 4.69) is 0 Å². The Morgan fingerprint density at radius 3 is 2.73 bits per heavy atom. The number of benzene rings is 2. The standard InChI is InChI=1S/C18H18FNO2/c1-12-10-14-11-15(19)8-9-17(14)20(12)18(21)13(2)22-16-6-4-3-5-7-16/h3-9,11-13H,10H2,1-2H3. The van der Waals surface area contributed by atoms with Crippen molar-refractivity contribution in [2.45, 2.75) is 32.4 Å². The van der Waals surface area contributed by atoms with Gasteiger partial charge in [0.1, 0.15) is 11.6 Å². The third kappa shape index (κ3) is 2.69. The van der Waals surface area contributed by atoms with E-state index in [9.17, 15) is 9.18 Å². The first kappa shape index (κ1) is 14.6. The first-order valence-corrected chi connectivity index (χ1v) is 7.39. The Morgan fingerprint density at radius 2 is 2.00 bits per heavy atom. The number of halogens is 1. The fourth-order valence-electron chi connectivity index (χ4n) is 2.88. The molecule has 0 aromatic heterocycles. The lowest BCUT2D eigenvalue weighted by atomic mass is 10.1. The normalized spacial score (nSPS) is 18.0. The van der Waals surface area contributed by atoms with Gasteiger partial charge in [0, 0.05) is 11.7 Å². The monoisotopic (exact) mass is 299 g/mol. The number of anilines is 1.